The minimum Gasteiger partial charge on any atom is -0.508 e. The first-order valence-electron chi connectivity index (χ1n) is 7.97. The molecule has 0 spiro atoms. The Bertz CT molecular complexity index is 970. The predicted octanol–water partition coefficient (Wildman–Crippen LogP) is 3.08. The Hall–Kier alpha value is -3.26. The number of benzene rings is 2. The van der Waals surface area contributed by atoms with E-state index in [2.05, 4.69) is 5.32 Å². The molecule has 8 heteroatoms. The van der Waals surface area contributed by atoms with Gasteiger partial charge in [-0.25, -0.2) is 0 Å². The molecule has 1 heterocycles. The Morgan fingerprint density at radius 2 is 1.96 bits per heavy atom. The number of imide groups is 1. The first-order chi connectivity index (χ1) is 12.8. The molecule has 0 aliphatic carbocycles. The number of hydrogen-bond donors (Lipinski definition) is 3. The summed E-state index contributed by atoms with van der Waals surface area (Å²) in [6.07, 6.45) is 1.35. The number of phenols is 2. The molecule has 0 aromatic heterocycles. The predicted molar refractivity (Wildman–Crippen MR) is 102 cm³/mol. The van der Waals surface area contributed by atoms with Crippen LogP contribution in [-0.2, 0) is 9.59 Å². The number of carbonyl (C=O) groups is 3. The van der Waals surface area contributed by atoms with Crippen LogP contribution in [0.3, 0.4) is 0 Å². The SMILES string of the molecule is Cc1cccc(NC(=O)CN2C(=O)S/C(=C\c3ccc(O)cc3O)C2=O)c1. The smallest absolute Gasteiger partial charge is 0.294 e. The highest BCUT2D eigenvalue weighted by Crippen LogP contribution is 2.34. The zero-order valence-electron chi connectivity index (χ0n) is 14.3. The molecular formula is C19H16N2O5S. The summed E-state index contributed by atoms with van der Waals surface area (Å²) in [5.41, 5.74) is 1.83. The molecule has 0 unspecified atom stereocenters. The fourth-order valence-electron chi connectivity index (χ4n) is 2.50. The topological polar surface area (TPSA) is 107 Å². The number of carbonyl (C=O) groups excluding carboxylic acids is 3. The van der Waals surface area contributed by atoms with Gasteiger partial charge in [0, 0.05) is 17.3 Å². The summed E-state index contributed by atoms with van der Waals surface area (Å²) in [7, 11) is 0. The molecule has 2 aromatic carbocycles. The lowest BCUT2D eigenvalue weighted by atomic mass is 10.1. The number of anilines is 1. The van der Waals surface area contributed by atoms with Crippen LogP contribution in [0.15, 0.2) is 47.4 Å². The minimum atomic E-state index is -0.614. The van der Waals surface area contributed by atoms with Crippen molar-refractivity contribution >= 4 is 40.6 Å². The minimum absolute atomic E-state index is 0.0874. The fraction of sp³-hybridized carbons (Fsp3) is 0.105. The van der Waals surface area contributed by atoms with Crippen molar-refractivity contribution in [3.63, 3.8) is 0 Å². The van der Waals surface area contributed by atoms with Crippen LogP contribution >= 0.6 is 11.8 Å². The van der Waals surface area contributed by atoms with Crippen molar-refractivity contribution in [3.8, 4) is 11.5 Å². The molecule has 0 saturated carbocycles. The number of aromatic hydroxyl groups is 2. The third-order valence-corrected chi connectivity index (χ3v) is 4.69. The molecule has 1 aliphatic heterocycles. The van der Waals surface area contributed by atoms with Crippen molar-refractivity contribution in [2.24, 2.45) is 0 Å². The van der Waals surface area contributed by atoms with Crippen LogP contribution in [0, 0.1) is 6.92 Å². The molecule has 138 valence electrons. The number of thioether (sulfide) groups is 1. The van der Waals surface area contributed by atoms with Crippen LogP contribution in [0.4, 0.5) is 10.5 Å². The molecule has 1 aliphatic rings. The lowest BCUT2D eigenvalue weighted by Gasteiger charge is -2.12. The van der Waals surface area contributed by atoms with Crippen molar-refractivity contribution in [1.29, 1.82) is 0 Å². The van der Waals surface area contributed by atoms with Gasteiger partial charge in [0.1, 0.15) is 18.0 Å². The quantitative estimate of drug-likeness (QED) is 0.700. The summed E-state index contributed by atoms with van der Waals surface area (Å²) in [6.45, 7) is 1.48. The molecule has 0 radical (unpaired) electrons. The largest absolute Gasteiger partial charge is 0.508 e. The van der Waals surface area contributed by atoms with Crippen LogP contribution in [0.25, 0.3) is 6.08 Å². The highest BCUT2D eigenvalue weighted by atomic mass is 32.2. The summed E-state index contributed by atoms with van der Waals surface area (Å²) in [5.74, 6) is -1.45. The highest BCUT2D eigenvalue weighted by Gasteiger charge is 2.36. The van der Waals surface area contributed by atoms with Gasteiger partial charge in [-0.3, -0.25) is 19.3 Å². The zero-order chi connectivity index (χ0) is 19.6. The number of hydrogen-bond acceptors (Lipinski definition) is 6. The molecular weight excluding hydrogens is 368 g/mol. The maximum atomic E-state index is 12.4. The highest BCUT2D eigenvalue weighted by molar-refractivity contribution is 8.18. The molecule has 3 rings (SSSR count). The average molecular weight is 384 g/mol. The van der Waals surface area contributed by atoms with E-state index in [1.807, 2.05) is 13.0 Å². The van der Waals surface area contributed by atoms with Crippen LogP contribution in [0.2, 0.25) is 0 Å². The standard InChI is InChI=1S/C19H16N2O5S/c1-11-3-2-4-13(7-11)20-17(24)10-21-18(25)16(27-19(21)26)8-12-5-6-14(22)9-15(12)23/h2-9,22-23H,10H2,1H3,(H,20,24)/b16-8-. The first-order valence-corrected chi connectivity index (χ1v) is 8.79. The Morgan fingerprint density at radius 1 is 1.19 bits per heavy atom. The maximum absolute atomic E-state index is 12.4. The summed E-state index contributed by atoms with van der Waals surface area (Å²) in [6, 6.07) is 11.1. The second-order valence-corrected chi connectivity index (χ2v) is 6.92. The van der Waals surface area contributed by atoms with Gasteiger partial charge in [-0.2, -0.15) is 0 Å². The molecule has 1 saturated heterocycles. The third kappa shape index (κ3) is 4.29. The first kappa shape index (κ1) is 18.5. The Labute approximate surface area is 159 Å². The number of aryl methyl sites for hydroxylation is 1. The van der Waals surface area contributed by atoms with E-state index in [1.54, 1.807) is 18.2 Å². The normalized spacial score (nSPS) is 15.4. The van der Waals surface area contributed by atoms with Gasteiger partial charge in [-0.15, -0.1) is 0 Å². The van der Waals surface area contributed by atoms with E-state index < -0.39 is 23.6 Å². The summed E-state index contributed by atoms with van der Waals surface area (Å²) in [4.78, 5) is 37.7. The number of amides is 3. The molecule has 3 amide bonds. The van der Waals surface area contributed by atoms with Crippen molar-refractivity contribution < 1.29 is 24.6 Å². The van der Waals surface area contributed by atoms with Crippen LogP contribution in [0.5, 0.6) is 11.5 Å². The zero-order valence-corrected chi connectivity index (χ0v) is 15.1. The molecule has 3 N–H and O–H groups in total. The molecule has 7 nitrogen and oxygen atoms in total. The number of phenolic OH excluding ortho intramolecular Hbond substituents is 2. The van der Waals surface area contributed by atoms with Crippen molar-refractivity contribution in [2.45, 2.75) is 6.92 Å². The Kier molecular flexibility index (Phi) is 5.18. The van der Waals surface area contributed by atoms with E-state index in [4.69, 9.17) is 0 Å². The van der Waals surface area contributed by atoms with Gasteiger partial charge < -0.3 is 15.5 Å². The second kappa shape index (κ2) is 7.55. The summed E-state index contributed by atoms with van der Waals surface area (Å²) < 4.78 is 0. The van der Waals surface area contributed by atoms with E-state index in [0.29, 0.717) is 17.4 Å². The lowest BCUT2D eigenvalue weighted by Crippen LogP contribution is -2.36. The summed E-state index contributed by atoms with van der Waals surface area (Å²) >= 11 is 0.685. The number of nitrogens with zero attached hydrogens (tertiary/aromatic N) is 1. The van der Waals surface area contributed by atoms with Gasteiger partial charge >= 0.3 is 0 Å². The molecule has 27 heavy (non-hydrogen) atoms. The molecule has 0 bridgehead atoms. The van der Waals surface area contributed by atoms with Crippen LogP contribution in [-0.4, -0.2) is 38.7 Å². The van der Waals surface area contributed by atoms with Gasteiger partial charge in [0.2, 0.25) is 5.91 Å². The molecule has 0 atom stereocenters. The Morgan fingerprint density at radius 3 is 2.67 bits per heavy atom. The summed E-state index contributed by atoms with van der Waals surface area (Å²) in [5, 5.41) is 21.2. The van der Waals surface area contributed by atoms with Gasteiger partial charge in [0.15, 0.2) is 0 Å². The van der Waals surface area contributed by atoms with E-state index >= 15 is 0 Å². The Balaban J connectivity index is 1.72. The van der Waals surface area contributed by atoms with Crippen molar-refractivity contribution in [2.75, 3.05) is 11.9 Å². The van der Waals surface area contributed by atoms with E-state index in [0.717, 1.165) is 16.5 Å². The van der Waals surface area contributed by atoms with E-state index in [9.17, 15) is 24.6 Å². The van der Waals surface area contributed by atoms with E-state index in [1.165, 1.54) is 18.2 Å². The van der Waals surface area contributed by atoms with Crippen LogP contribution < -0.4 is 5.32 Å². The van der Waals surface area contributed by atoms with E-state index in [-0.39, 0.29) is 22.0 Å². The van der Waals surface area contributed by atoms with Gasteiger partial charge in [-0.05, 0) is 54.6 Å². The lowest BCUT2D eigenvalue weighted by molar-refractivity contribution is -0.127. The van der Waals surface area contributed by atoms with Gasteiger partial charge in [-0.1, -0.05) is 12.1 Å². The van der Waals surface area contributed by atoms with Gasteiger partial charge in [0.05, 0.1) is 4.91 Å². The molecule has 2 aromatic rings. The van der Waals surface area contributed by atoms with Crippen LogP contribution in [0.1, 0.15) is 11.1 Å². The fourth-order valence-corrected chi connectivity index (χ4v) is 3.33. The van der Waals surface area contributed by atoms with Crippen molar-refractivity contribution in [1.82, 2.24) is 4.90 Å². The number of nitrogens with one attached hydrogen (secondary N) is 1. The molecule has 1 fully saturated rings. The number of rotatable bonds is 4. The average Bonchev–Trinajstić information content (AvgIpc) is 2.85. The second-order valence-electron chi connectivity index (χ2n) is 5.93. The van der Waals surface area contributed by atoms with Crippen molar-refractivity contribution in [3.05, 3.63) is 58.5 Å². The monoisotopic (exact) mass is 384 g/mol. The van der Waals surface area contributed by atoms with Gasteiger partial charge in [0.25, 0.3) is 11.1 Å². The maximum Gasteiger partial charge on any atom is 0.294 e. The third-order valence-electron chi connectivity index (χ3n) is 3.78.